The van der Waals surface area contributed by atoms with Crippen molar-refractivity contribution >= 4 is 15.7 Å². The number of morpholine rings is 1. The summed E-state index contributed by atoms with van der Waals surface area (Å²) in [6.07, 6.45) is -0.155. The Bertz CT molecular complexity index is 591. The molecule has 0 amide bonds. The van der Waals surface area contributed by atoms with E-state index in [2.05, 4.69) is 9.62 Å². The van der Waals surface area contributed by atoms with E-state index in [1.165, 1.54) is 19.2 Å². The summed E-state index contributed by atoms with van der Waals surface area (Å²) in [5.74, 6) is 0.517. The molecule has 8 heteroatoms. The van der Waals surface area contributed by atoms with Crippen LogP contribution in [0.15, 0.2) is 23.1 Å². The molecule has 2 rings (SSSR count). The lowest BCUT2D eigenvalue weighted by atomic mass is 10.3. The molecule has 1 aromatic rings. The molecular formula is C13H21N3O4S. The molecule has 0 spiro atoms. The average molecular weight is 315 g/mol. The van der Waals surface area contributed by atoms with Crippen LogP contribution in [-0.2, 0) is 14.8 Å². The molecule has 1 unspecified atom stereocenters. The second kappa shape index (κ2) is 6.61. The fourth-order valence-electron chi connectivity index (χ4n) is 2.17. The minimum Gasteiger partial charge on any atom is -0.497 e. The van der Waals surface area contributed by atoms with Crippen molar-refractivity contribution in [1.29, 1.82) is 0 Å². The van der Waals surface area contributed by atoms with Crippen molar-refractivity contribution in [2.75, 3.05) is 46.1 Å². The van der Waals surface area contributed by atoms with Crippen molar-refractivity contribution < 1.29 is 17.9 Å². The van der Waals surface area contributed by atoms with Gasteiger partial charge in [0.15, 0.2) is 0 Å². The number of hydrogen-bond acceptors (Lipinski definition) is 6. The number of nitrogen functional groups attached to an aromatic ring is 1. The number of rotatable bonds is 5. The van der Waals surface area contributed by atoms with Gasteiger partial charge in [-0.1, -0.05) is 0 Å². The van der Waals surface area contributed by atoms with Gasteiger partial charge in [0.25, 0.3) is 0 Å². The molecule has 0 radical (unpaired) electrons. The van der Waals surface area contributed by atoms with Gasteiger partial charge in [0, 0.05) is 25.7 Å². The standard InChI is InChI=1S/C13H21N3O4S/c1-16-5-6-20-11(9-16)8-15-21(17,18)13-4-3-10(19-2)7-12(13)14/h3-4,7,11,15H,5-6,8-9,14H2,1-2H3. The number of nitrogens with two attached hydrogens (primary N) is 1. The van der Waals surface area contributed by atoms with Crippen LogP contribution in [0.25, 0.3) is 0 Å². The number of benzene rings is 1. The molecule has 3 N–H and O–H groups in total. The van der Waals surface area contributed by atoms with Crippen LogP contribution in [0.5, 0.6) is 5.75 Å². The van der Waals surface area contributed by atoms with E-state index >= 15 is 0 Å². The van der Waals surface area contributed by atoms with Crippen LogP contribution < -0.4 is 15.2 Å². The molecule has 0 bridgehead atoms. The summed E-state index contributed by atoms with van der Waals surface area (Å²) in [6, 6.07) is 4.49. The molecule has 21 heavy (non-hydrogen) atoms. The zero-order valence-corrected chi connectivity index (χ0v) is 13.0. The quantitative estimate of drug-likeness (QED) is 0.736. The number of ether oxygens (including phenoxy) is 2. The van der Waals surface area contributed by atoms with Crippen LogP contribution in [0.2, 0.25) is 0 Å². The summed E-state index contributed by atoms with van der Waals surface area (Å²) >= 11 is 0. The zero-order chi connectivity index (χ0) is 15.5. The van der Waals surface area contributed by atoms with Crippen LogP contribution >= 0.6 is 0 Å². The molecule has 1 aromatic carbocycles. The number of nitrogens with zero attached hydrogens (tertiary/aromatic N) is 1. The third-order valence-electron chi connectivity index (χ3n) is 3.35. The van der Waals surface area contributed by atoms with E-state index in [-0.39, 0.29) is 23.2 Å². The molecule has 1 aliphatic rings. The minimum absolute atomic E-state index is 0.0486. The molecule has 1 saturated heterocycles. The predicted octanol–water partition coefficient (Wildman–Crippen LogP) is -0.114. The number of likely N-dealkylation sites (N-methyl/N-ethyl adjacent to an activating group) is 1. The highest BCUT2D eigenvalue weighted by Gasteiger charge is 2.22. The molecule has 1 aliphatic heterocycles. The summed E-state index contributed by atoms with van der Waals surface area (Å²) in [5, 5.41) is 0. The lowest BCUT2D eigenvalue weighted by Crippen LogP contribution is -2.45. The SMILES string of the molecule is COc1ccc(S(=O)(=O)NCC2CN(C)CCO2)c(N)c1. The highest BCUT2D eigenvalue weighted by molar-refractivity contribution is 7.89. The Kier molecular flexibility index (Phi) is 5.04. The van der Waals surface area contributed by atoms with Crippen LogP contribution in [-0.4, -0.2) is 59.8 Å². The maximum absolute atomic E-state index is 12.3. The first kappa shape index (κ1) is 16.0. The maximum atomic E-state index is 12.3. The summed E-state index contributed by atoms with van der Waals surface area (Å²) in [4.78, 5) is 2.15. The Morgan fingerprint density at radius 2 is 2.29 bits per heavy atom. The summed E-state index contributed by atoms with van der Waals surface area (Å²) in [7, 11) is -0.186. The van der Waals surface area contributed by atoms with Gasteiger partial charge in [0.1, 0.15) is 10.6 Å². The Morgan fingerprint density at radius 3 is 2.90 bits per heavy atom. The fourth-order valence-corrected chi connectivity index (χ4v) is 3.35. The van der Waals surface area contributed by atoms with E-state index in [1.807, 2.05) is 7.05 Å². The lowest BCUT2D eigenvalue weighted by Gasteiger charge is -2.30. The first-order chi connectivity index (χ1) is 9.92. The first-order valence-electron chi connectivity index (χ1n) is 6.65. The highest BCUT2D eigenvalue weighted by atomic mass is 32.2. The number of methoxy groups -OCH3 is 1. The number of nitrogens with one attached hydrogen (secondary N) is 1. The van der Waals surface area contributed by atoms with Crippen LogP contribution in [0.3, 0.4) is 0 Å². The van der Waals surface area contributed by atoms with E-state index < -0.39 is 10.0 Å². The molecule has 7 nitrogen and oxygen atoms in total. The van der Waals surface area contributed by atoms with Gasteiger partial charge in [-0.2, -0.15) is 0 Å². The molecule has 1 heterocycles. The third kappa shape index (κ3) is 4.07. The maximum Gasteiger partial charge on any atom is 0.242 e. The van der Waals surface area contributed by atoms with Gasteiger partial charge in [0.2, 0.25) is 10.0 Å². The molecule has 1 atom stereocenters. The number of hydrogen-bond donors (Lipinski definition) is 2. The van der Waals surface area contributed by atoms with E-state index in [9.17, 15) is 8.42 Å². The van der Waals surface area contributed by atoms with Crippen molar-refractivity contribution in [2.24, 2.45) is 0 Å². The molecule has 0 saturated carbocycles. The van der Waals surface area contributed by atoms with E-state index in [0.717, 1.165) is 6.54 Å². The number of anilines is 1. The van der Waals surface area contributed by atoms with Gasteiger partial charge in [-0.25, -0.2) is 13.1 Å². The molecule has 118 valence electrons. The second-order valence-electron chi connectivity index (χ2n) is 5.01. The van der Waals surface area contributed by atoms with Crippen LogP contribution in [0.1, 0.15) is 0 Å². The van der Waals surface area contributed by atoms with E-state index in [4.69, 9.17) is 15.2 Å². The van der Waals surface area contributed by atoms with Gasteiger partial charge in [-0.05, 0) is 19.2 Å². The van der Waals surface area contributed by atoms with Crippen molar-refractivity contribution in [3.63, 3.8) is 0 Å². The topological polar surface area (TPSA) is 93.9 Å². The van der Waals surface area contributed by atoms with Crippen molar-refractivity contribution in [3.05, 3.63) is 18.2 Å². The monoisotopic (exact) mass is 315 g/mol. The fraction of sp³-hybridized carbons (Fsp3) is 0.538. The normalized spacial score (nSPS) is 20.4. The van der Waals surface area contributed by atoms with Crippen molar-refractivity contribution in [1.82, 2.24) is 9.62 Å². The third-order valence-corrected chi connectivity index (χ3v) is 4.85. The Morgan fingerprint density at radius 1 is 1.52 bits per heavy atom. The number of sulfonamides is 1. The molecule has 0 aliphatic carbocycles. The van der Waals surface area contributed by atoms with Crippen LogP contribution in [0.4, 0.5) is 5.69 Å². The van der Waals surface area contributed by atoms with Gasteiger partial charge >= 0.3 is 0 Å². The van der Waals surface area contributed by atoms with Crippen molar-refractivity contribution in [2.45, 2.75) is 11.0 Å². The van der Waals surface area contributed by atoms with E-state index in [1.54, 1.807) is 6.07 Å². The summed E-state index contributed by atoms with van der Waals surface area (Å²) in [6.45, 7) is 2.38. The van der Waals surface area contributed by atoms with Gasteiger partial charge in [-0.15, -0.1) is 0 Å². The minimum atomic E-state index is -3.66. The average Bonchev–Trinajstić information content (AvgIpc) is 2.45. The first-order valence-corrected chi connectivity index (χ1v) is 8.14. The Balaban J connectivity index is 2.04. The van der Waals surface area contributed by atoms with E-state index in [0.29, 0.717) is 18.9 Å². The Hall–Kier alpha value is -1.35. The van der Waals surface area contributed by atoms with Gasteiger partial charge in [0.05, 0.1) is 25.5 Å². The lowest BCUT2D eigenvalue weighted by molar-refractivity contribution is -0.0156. The zero-order valence-electron chi connectivity index (χ0n) is 12.2. The summed E-state index contributed by atoms with van der Waals surface area (Å²) in [5.41, 5.74) is 5.93. The second-order valence-corrected chi connectivity index (χ2v) is 6.75. The smallest absolute Gasteiger partial charge is 0.242 e. The summed E-state index contributed by atoms with van der Waals surface area (Å²) < 4.78 is 37.6. The van der Waals surface area contributed by atoms with Crippen LogP contribution in [0, 0.1) is 0 Å². The van der Waals surface area contributed by atoms with Gasteiger partial charge in [-0.3, -0.25) is 0 Å². The largest absolute Gasteiger partial charge is 0.497 e. The highest BCUT2D eigenvalue weighted by Crippen LogP contribution is 2.23. The van der Waals surface area contributed by atoms with Gasteiger partial charge < -0.3 is 20.1 Å². The van der Waals surface area contributed by atoms with Crippen molar-refractivity contribution in [3.8, 4) is 5.75 Å². The molecule has 1 fully saturated rings. The Labute approximate surface area is 125 Å². The molecule has 0 aromatic heterocycles. The molecular weight excluding hydrogens is 294 g/mol. The predicted molar refractivity (Wildman–Crippen MR) is 79.8 cm³/mol.